The maximum absolute atomic E-state index is 13.0. The number of ether oxygens (including phenoxy) is 1. The SMILES string of the molecule is CN(CCC(O)CC(=O)/C(=C/CCc1ccccc1)Cc1ccccc1)C(=O)OC(C)(C)C. The average molecular weight is 452 g/mol. The van der Waals surface area contributed by atoms with Gasteiger partial charge < -0.3 is 14.7 Å². The van der Waals surface area contributed by atoms with E-state index in [1.807, 2.05) is 75.4 Å². The third-order valence-electron chi connectivity index (χ3n) is 5.19. The van der Waals surface area contributed by atoms with Crippen molar-refractivity contribution in [2.45, 2.75) is 64.6 Å². The summed E-state index contributed by atoms with van der Waals surface area (Å²) in [5.74, 6) is -0.0562. The maximum Gasteiger partial charge on any atom is 0.410 e. The minimum Gasteiger partial charge on any atom is -0.444 e. The molecule has 1 unspecified atom stereocenters. The number of ketones is 1. The highest BCUT2D eigenvalue weighted by Gasteiger charge is 2.21. The molecule has 0 saturated carbocycles. The molecule has 2 aromatic carbocycles. The zero-order chi connectivity index (χ0) is 24.3. The Hall–Kier alpha value is -2.92. The van der Waals surface area contributed by atoms with Gasteiger partial charge in [0.05, 0.1) is 6.10 Å². The smallest absolute Gasteiger partial charge is 0.410 e. The summed E-state index contributed by atoms with van der Waals surface area (Å²) in [6.45, 7) is 5.75. The van der Waals surface area contributed by atoms with Crippen molar-refractivity contribution in [3.63, 3.8) is 0 Å². The highest BCUT2D eigenvalue weighted by atomic mass is 16.6. The molecule has 0 aliphatic carbocycles. The average Bonchev–Trinajstić information content (AvgIpc) is 2.77. The number of carbonyl (C=O) groups is 2. The summed E-state index contributed by atoms with van der Waals surface area (Å²) < 4.78 is 5.33. The number of aryl methyl sites for hydroxylation is 1. The molecule has 2 rings (SSSR count). The predicted octanol–water partition coefficient (Wildman–Crippen LogP) is 5.37. The van der Waals surface area contributed by atoms with Crippen molar-refractivity contribution in [1.29, 1.82) is 0 Å². The van der Waals surface area contributed by atoms with Crippen molar-refractivity contribution >= 4 is 11.9 Å². The number of amides is 1. The molecular weight excluding hydrogens is 414 g/mol. The number of aliphatic hydroxyl groups excluding tert-OH is 1. The van der Waals surface area contributed by atoms with Crippen LogP contribution in [0.5, 0.6) is 0 Å². The number of carbonyl (C=O) groups excluding carboxylic acids is 2. The lowest BCUT2D eigenvalue weighted by Crippen LogP contribution is -2.36. The quantitative estimate of drug-likeness (QED) is 0.467. The van der Waals surface area contributed by atoms with Crippen LogP contribution in [0.15, 0.2) is 72.3 Å². The molecule has 0 aliphatic rings. The molecule has 5 heteroatoms. The summed E-state index contributed by atoms with van der Waals surface area (Å²) in [4.78, 5) is 26.5. The van der Waals surface area contributed by atoms with Gasteiger partial charge in [0, 0.05) is 26.4 Å². The van der Waals surface area contributed by atoms with Gasteiger partial charge in [0.15, 0.2) is 5.78 Å². The monoisotopic (exact) mass is 451 g/mol. The van der Waals surface area contributed by atoms with Crippen LogP contribution in [0.2, 0.25) is 0 Å². The topological polar surface area (TPSA) is 66.8 Å². The fourth-order valence-electron chi connectivity index (χ4n) is 3.38. The van der Waals surface area contributed by atoms with Crippen LogP contribution < -0.4 is 0 Å². The molecular formula is C28H37NO4. The standard InChI is InChI=1S/C28H37NO4/c1-28(2,3)33-27(32)29(4)19-18-25(30)21-26(31)24(20-23-14-9-6-10-15-23)17-11-16-22-12-7-5-8-13-22/h5-10,12-15,17,25,30H,11,16,18-21H2,1-4H3/b24-17+. The lowest BCUT2D eigenvalue weighted by molar-refractivity contribution is -0.117. The van der Waals surface area contributed by atoms with Crippen LogP contribution in [0.1, 0.15) is 51.2 Å². The third kappa shape index (κ3) is 10.5. The van der Waals surface area contributed by atoms with Gasteiger partial charge in [0.2, 0.25) is 0 Å². The number of hydrogen-bond acceptors (Lipinski definition) is 4. The van der Waals surface area contributed by atoms with E-state index in [1.165, 1.54) is 10.5 Å². The first-order chi connectivity index (χ1) is 15.6. The highest BCUT2D eigenvalue weighted by Crippen LogP contribution is 2.16. The first kappa shape index (κ1) is 26.3. The van der Waals surface area contributed by atoms with E-state index in [0.717, 1.165) is 24.0 Å². The van der Waals surface area contributed by atoms with E-state index in [1.54, 1.807) is 7.05 Å². The Balaban J connectivity index is 1.95. The predicted molar refractivity (Wildman–Crippen MR) is 132 cm³/mol. The van der Waals surface area contributed by atoms with Gasteiger partial charge >= 0.3 is 6.09 Å². The number of nitrogens with zero attached hydrogens (tertiary/aromatic N) is 1. The molecule has 0 radical (unpaired) electrons. The largest absolute Gasteiger partial charge is 0.444 e. The van der Waals surface area contributed by atoms with Gasteiger partial charge in [-0.3, -0.25) is 4.79 Å². The summed E-state index contributed by atoms with van der Waals surface area (Å²) in [6, 6.07) is 20.1. The summed E-state index contributed by atoms with van der Waals surface area (Å²) in [6.07, 6.45) is 3.24. The third-order valence-corrected chi connectivity index (χ3v) is 5.19. The van der Waals surface area contributed by atoms with Gasteiger partial charge in [-0.1, -0.05) is 66.7 Å². The summed E-state index contributed by atoms with van der Waals surface area (Å²) in [5, 5.41) is 10.5. The van der Waals surface area contributed by atoms with Crippen LogP contribution in [0.4, 0.5) is 4.79 Å². The molecule has 1 amide bonds. The number of aliphatic hydroxyl groups is 1. The molecule has 0 spiro atoms. The van der Waals surface area contributed by atoms with Gasteiger partial charge in [0.25, 0.3) is 0 Å². The van der Waals surface area contributed by atoms with E-state index < -0.39 is 17.8 Å². The number of benzene rings is 2. The van der Waals surface area contributed by atoms with Gasteiger partial charge in [-0.2, -0.15) is 0 Å². The van der Waals surface area contributed by atoms with Crippen molar-refractivity contribution in [2.24, 2.45) is 0 Å². The Morgan fingerprint density at radius 2 is 1.58 bits per heavy atom. The van der Waals surface area contributed by atoms with Gasteiger partial charge in [-0.05, 0) is 56.7 Å². The zero-order valence-corrected chi connectivity index (χ0v) is 20.3. The van der Waals surface area contributed by atoms with E-state index in [9.17, 15) is 14.7 Å². The molecule has 0 aromatic heterocycles. The van der Waals surface area contributed by atoms with Crippen molar-refractivity contribution in [3.05, 3.63) is 83.4 Å². The molecule has 178 valence electrons. The van der Waals surface area contributed by atoms with E-state index in [0.29, 0.717) is 19.4 Å². The van der Waals surface area contributed by atoms with Gasteiger partial charge in [-0.25, -0.2) is 4.79 Å². The second kappa shape index (κ2) is 12.9. The summed E-state index contributed by atoms with van der Waals surface area (Å²) >= 11 is 0. The van der Waals surface area contributed by atoms with Crippen LogP contribution in [0, 0.1) is 0 Å². The minimum atomic E-state index is -0.823. The fourth-order valence-corrected chi connectivity index (χ4v) is 3.38. The van der Waals surface area contributed by atoms with E-state index >= 15 is 0 Å². The van der Waals surface area contributed by atoms with Crippen molar-refractivity contribution in [1.82, 2.24) is 4.90 Å². The molecule has 1 N–H and O–H groups in total. The van der Waals surface area contributed by atoms with Crippen LogP contribution in [-0.2, 0) is 22.4 Å². The molecule has 0 fully saturated rings. The molecule has 33 heavy (non-hydrogen) atoms. The zero-order valence-electron chi connectivity index (χ0n) is 20.3. The van der Waals surface area contributed by atoms with Crippen molar-refractivity contribution in [2.75, 3.05) is 13.6 Å². The first-order valence-electron chi connectivity index (χ1n) is 11.6. The number of allylic oxidation sites excluding steroid dienone is 2. The lowest BCUT2D eigenvalue weighted by Gasteiger charge is -2.25. The fraction of sp³-hybridized carbons (Fsp3) is 0.429. The van der Waals surface area contributed by atoms with E-state index in [-0.39, 0.29) is 12.2 Å². The van der Waals surface area contributed by atoms with Crippen LogP contribution in [-0.4, -0.2) is 47.2 Å². The molecule has 0 bridgehead atoms. The van der Waals surface area contributed by atoms with E-state index in [2.05, 4.69) is 12.1 Å². The second-order valence-corrected chi connectivity index (χ2v) is 9.39. The molecule has 0 heterocycles. The number of Topliss-reactive ketones (excluding diaryl/α,β-unsaturated/α-hetero) is 1. The van der Waals surface area contributed by atoms with Crippen molar-refractivity contribution in [3.8, 4) is 0 Å². The highest BCUT2D eigenvalue weighted by molar-refractivity contribution is 5.96. The molecule has 2 aromatic rings. The van der Waals surface area contributed by atoms with Gasteiger partial charge in [-0.15, -0.1) is 0 Å². The van der Waals surface area contributed by atoms with Crippen LogP contribution in [0.25, 0.3) is 0 Å². The van der Waals surface area contributed by atoms with Crippen LogP contribution in [0.3, 0.4) is 0 Å². The Morgan fingerprint density at radius 1 is 1.00 bits per heavy atom. The second-order valence-electron chi connectivity index (χ2n) is 9.39. The Bertz CT molecular complexity index is 900. The maximum atomic E-state index is 13.0. The normalized spacial score (nSPS) is 12.8. The minimum absolute atomic E-state index is 0.0339. The summed E-state index contributed by atoms with van der Waals surface area (Å²) in [7, 11) is 1.63. The van der Waals surface area contributed by atoms with Gasteiger partial charge in [0.1, 0.15) is 5.60 Å². The molecule has 0 saturated heterocycles. The Morgan fingerprint density at radius 3 is 2.15 bits per heavy atom. The molecule has 5 nitrogen and oxygen atoms in total. The summed E-state index contributed by atoms with van der Waals surface area (Å²) in [5.41, 5.74) is 2.44. The Labute approximate surface area is 198 Å². The molecule has 1 atom stereocenters. The number of rotatable bonds is 11. The Kier molecular flexibility index (Phi) is 10.3. The van der Waals surface area contributed by atoms with E-state index in [4.69, 9.17) is 4.74 Å². The van der Waals surface area contributed by atoms with Crippen molar-refractivity contribution < 1.29 is 19.4 Å². The first-order valence-corrected chi connectivity index (χ1v) is 11.6. The molecule has 0 aliphatic heterocycles. The number of hydrogen-bond donors (Lipinski definition) is 1. The van der Waals surface area contributed by atoms with Crippen LogP contribution >= 0.6 is 0 Å². The lowest BCUT2D eigenvalue weighted by atomic mass is 9.95.